The smallest absolute Gasteiger partial charge is 0.259 e. The molecule has 3 aromatic rings. The molecule has 28 heavy (non-hydrogen) atoms. The third kappa shape index (κ3) is 4.73. The standard InChI is InChI=1S/C20H18FN5O2/c1-13-24-12-15(20(28)26-18-7-3-2-6-16(18)21)17(25-13)8-10-23-19(27)14-5-4-9-22-11-14/h2-7,9,11-12H,8,10H2,1H3,(H,23,27)(H,26,28). The van der Waals surface area contributed by atoms with Gasteiger partial charge in [-0.15, -0.1) is 0 Å². The molecule has 3 rings (SSSR count). The molecule has 1 aromatic carbocycles. The number of hydrogen-bond donors (Lipinski definition) is 2. The molecular weight excluding hydrogens is 361 g/mol. The van der Waals surface area contributed by atoms with Crippen LogP contribution in [0.25, 0.3) is 0 Å². The first kappa shape index (κ1) is 19.1. The molecular formula is C20H18FN5O2. The van der Waals surface area contributed by atoms with Crippen molar-refractivity contribution < 1.29 is 14.0 Å². The van der Waals surface area contributed by atoms with Gasteiger partial charge in [-0.3, -0.25) is 14.6 Å². The van der Waals surface area contributed by atoms with Crippen molar-refractivity contribution in [3.05, 3.63) is 83.5 Å². The maximum Gasteiger partial charge on any atom is 0.259 e. The Balaban J connectivity index is 1.69. The lowest BCUT2D eigenvalue weighted by Gasteiger charge is -2.11. The molecule has 0 unspecified atom stereocenters. The topological polar surface area (TPSA) is 96.9 Å². The van der Waals surface area contributed by atoms with E-state index in [1.165, 1.54) is 30.6 Å². The predicted molar refractivity (Wildman–Crippen MR) is 101 cm³/mol. The number of nitrogens with one attached hydrogen (secondary N) is 2. The molecule has 0 saturated carbocycles. The van der Waals surface area contributed by atoms with Crippen LogP contribution in [0.4, 0.5) is 10.1 Å². The summed E-state index contributed by atoms with van der Waals surface area (Å²) in [4.78, 5) is 36.9. The van der Waals surface area contributed by atoms with Gasteiger partial charge in [-0.25, -0.2) is 14.4 Å². The number of aryl methyl sites for hydroxylation is 1. The summed E-state index contributed by atoms with van der Waals surface area (Å²) in [5.41, 5.74) is 1.21. The van der Waals surface area contributed by atoms with Gasteiger partial charge in [0, 0.05) is 31.6 Å². The number of halogens is 1. The number of carbonyl (C=O) groups is 2. The Morgan fingerprint density at radius 2 is 1.89 bits per heavy atom. The zero-order valence-electron chi connectivity index (χ0n) is 15.1. The molecule has 2 heterocycles. The quantitative estimate of drug-likeness (QED) is 0.686. The van der Waals surface area contributed by atoms with Crippen molar-refractivity contribution >= 4 is 17.5 Å². The van der Waals surface area contributed by atoms with Crippen molar-refractivity contribution in [2.45, 2.75) is 13.3 Å². The van der Waals surface area contributed by atoms with E-state index in [2.05, 4.69) is 25.6 Å². The van der Waals surface area contributed by atoms with E-state index < -0.39 is 11.7 Å². The SMILES string of the molecule is Cc1ncc(C(=O)Nc2ccccc2F)c(CCNC(=O)c2cccnc2)n1. The summed E-state index contributed by atoms with van der Waals surface area (Å²) in [6.45, 7) is 1.97. The summed E-state index contributed by atoms with van der Waals surface area (Å²) in [7, 11) is 0. The number of aromatic nitrogens is 3. The largest absolute Gasteiger partial charge is 0.352 e. The summed E-state index contributed by atoms with van der Waals surface area (Å²) in [6.07, 6.45) is 4.77. The van der Waals surface area contributed by atoms with Crippen LogP contribution in [0.1, 0.15) is 32.2 Å². The maximum atomic E-state index is 13.8. The van der Waals surface area contributed by atoms with E-state index in [-0.39, 0.29) is 23.7 Å². The molecule has 0 aliphatic heterocycles. The molecule has 2 amide bonds. The molecule has 0 spiro atoms. The van der Waals surface area contributed by atoms with Gasteiger partial charge in [0.2, 0.25) is 0 Å². The summed E-state index contributed by atoms with van der Waals surface area (Å²) < 4.78 is 13.8. The van der Waals surface area contributed by atoms with Crippen LogP contribution < -0.4 is 10.6 Å². The Hall–Kier alpha value is -3.68. The molecule has 0 atom stereocenters. The van der Waals surface area contributed by atoms with Crippen molar-refractivity contribution in [2.75, 3.05) is 11.9 Å². The second-order valence-electron chi connectivity index (χ2n) is 5.96. The van der Waals surface area contributed by atoms with Gasteiger partial charge in [0.25, 0.3) is 11.8 Å². The van der Waals surface area contributed by atoms with E-state index in [0.717, 1.165) is 0 Å². The number of anilines is 1. The molecule has 0 bridgehead atoms. The van der Waals surface area contributed by atoms with Crippen LogP contribution in [-0.2, 0) is 6.42 Å². The molecule has 8 heteroatoms. The lowest BCUT2D eigenvalue weighted by molar-refractivity contribution is 0.0953. The fourth-order valence-electron chi connectivity index (χ4n) is 2.54. The highest BCUT2D eigenvalue weighted by atomic mass is 19.1. The maximum absolute atomic E-state index is 13.8. The van der Waals surface area contributed by atoms with Gasteiger partial charge < -0.3 is 10.6 Å². The van der Waals surface area contributed by atoms with Crippen LogP contribution in [0.5, 0.6) is 0 Å². The Morgan fingerprint density at radius 1 is 1.07 bits per heavy atom. The van der Waals surface area contributed by atoms with E-state index in [0.29, 0.717) is 23.5 Å². The van der Waals surface area contributed by atoms with Gasteiger partial charge in [0.15, 0.2) is 0 Å². The summed E-state index contributed by atoms with van der Waals surface area (Å²) in [6, 6.07) is 9.22. The van der Waals surface area contributed by atoms with Crippen LogP contribution in [0, 0.1) is 12.7 Å². The van der Waals surface area contributed by atoms with Gasteiger partial charge in [-0.2, -0.15) is 0 Å². The molecule has 2 aromatic heterocycles. The van der Waals surface area contributed by atoms with Crippen molar-refractivity contribution in [3.8, 4) is 0 Å². The second-order valence-corrected chi connectivity index (χ2v) is 5.96. The molecule has 0 aliphatic rings. The third-order valence-corrected chi connectivity index (χ3v) is 3.93. The van der Waals surface area contributed by atoms with Crippen LogP contribution in [0.15, 0.2) is 55.0 Å². The van der Waals surface area contributed by atoms with Gasteiger partial charge in [0.05, 0.1) is 22.5 Å². The molecule has 2 N–H and O–H groups in total. The summed E-state index contributed by atoms with van der Waals surface area (Å²) >= 11 is 0. The number of pyridine rings is 1. The van der Waals surface area contributed by atoms with Crippen molar-refractivity contribution in [1.82, 2.24) is 20.3 Å². The van der Waals surface area contributed by atoms with E-state index in [9.17, 15) is 14.0 Å². The van der Waals surface area contributed by atoms with E-state index in [1.54, 1.807) is 31.3 Å². The number of benzene rings is 1. The first-order chi connectivity index (χ1) is 13.5. The summed E-state index contributed by atoms with van der Waals surface area (Å²) in [5, 5.41) is 5.28. The third-order valence-electron chi connectivity index (χ3n) is 3.93. The predicted octanol–water partition coefficient (Wildman–Crippen LogP) is 2.54. The van der Waals surface area contributed by atoms with E-state index in [1.807, 2.05) is 0 Å². The van der Waals surface area contributed by atoms with E-state index >= 15 is 0 Å². The molecule has 0 fully saturated rings. The Morgan fingerprint density at radius 3 is 2.64 bits per heavy atom. The number of nitrogens with zero attached hydrogens (tertiary/aromatic N) is 3. The van der Waals surface area contributed by atoms with Crippen molar-refractivity contribution in [3.63, 3.8) is 0 Å². The number of para-hydroxylation sites is 1. The minimum Gasteiger partial charge on any atom is -0.352 e. The average molecular weight is 379 g/mol. The first-order valence-corrected chi connectivity index (χ1v) is 8.61. The first-order valence-electron chi connectivity index (χ1n) is 8.61. The van der Waals surface area contributed by atoms with Crippen molar-refractivity contribution in [1.29, 1.82) is 0 Å². The number of carbonyl (C=O) groups excluding carboxylic acids is 2. The Labute approximate surface area is 161 Å². The van der Waals surface area contributed by atoms with Gasteiger partial charge in [-0.05, 0) is 31.2 Å². The Kier molecular flexibility index (Phi) is 6.01. The van der Waals surface area contributed by atoms with Crippen molar-refractivity contribution in [2.24, 2.45) is 0 Å². The molecule has 142 valence electrons. The molecule has 7 nitrogen and oxygen atoms in total. The molecule has 0 saturated heterocycles. The average Bonchev–Trinajstić information content (AvgIpc) is 2.70. The van der Waals surface area contributed by atoms with Crippen LogP contribution >= 0.6 is 0 Å². The zero-order valence-corrected chi connectivity index (χ0v) is 15.1. The number of amides is 2. The highest BCUT2D eigenvalue weighted by Gasteiger charge is 2.16. The minimum atomic E-state index is -0.533. The lowest BCUT2D eigenvalue weighted by Crippen LogP contribution is -2.27. The van der Waals surface area contributed by atoms with Crippen LogP contribution in [-0.4, -0.2) is 33.3 Å². The fraction of sp³-hybridized carbons (Fsp3) is 0.150. The molecule has 0 radical (unpaired) electrons. The second kappa shape index (κ2) is 8.81. The minimum absolute atomic E-state index is 0.0731. The lowest BCUT2D eigenvalue weighted by atomic mass is 10.1. The highest BCUT2D eigenvalue weighted by Crippen LogP contribution is 2.15. The monoisotopic (exact) mass is 379 g/mol. The number of hydrogen-bond acceptors (Lipinski definition) is 5. The summed E-state index contributed by atoms with van der Waals surface area (Å²) in [5.74, 6) is -0.819. The Bertz CT molecular complexity index is 995. The van der Waals surface area contributed by atoms with Gasteiger partial charge in [-0.1, -0.05) is 12.1 Å². The van der Waals surface area contributed by atoms with Crippen LogP contribution in [0.3, 0.4) is 0 Å². The van der Waals surface area contributed by atoms with Crippen LogP contribution in [0.2, 0.25) is 0 Å². The number of rotatable bonds is 6. The molecule has 0 aliphatic carbocycles. The normalized spacial score (nSPS) is 10.4. The fourth-order valence-corrected chi connectivity index (χ4v) is 2.54. The zero-order chi connectivity index (χ0) is 19.9. The highest BCUT2D eigenvalue weighted by molar-refractivity contribution is 6.04. The van der Waals surface area contributed by atoms with E-state index in [4.69, 9.17) is 0 Å². The van der Waals surface area contributed by atoms with Gasteiger partial charge >= 0.3 is 0 Å². The van der Waals surface area contributed by atoms with Gasteiger partial charge in [0.1, 0.15) is 11.6 Å².